The van der Waals surface area contributed by atoms with E-state index in [2.05, 4.69) is 5.32 Å². The van der Waals surface area contributed by atoms with Gasteiger partial charge in [-0.05, 0) is 25.4 Å². The van der Waals surface area contributed by atoms with E-state index in [1.165, 1.54) is 0 Å². The summed E-state index contributed by atoms with van der Waals surface area (Å²) in [5.74, 6) is 0.227. The van der Waals surface area contributed by atoms with Gasteiger partial charge in [-0.2, -0.15) is 0 Å². The molecule has 0 spiro atoms. The number of halogens is 3. The van der Waals surface area contributed by atoms with E-state index >= 15 is 0 Å². The van der Waals surface area contributed by atoms with Gasteiger partial charge >= 0.3 is 0 Å². The fraction of sp³-hybridized carbons (Fsp3) is 1.00. The summed E-state index contributed by atoms with van der Waals surface area (Å²) in [7, 11) is 0. The van der Waals surface area contributed by atoms with Gasteiger partial charge < -0.3 is 5.32 Å². The van der Waals surface area contributed by atoms with Crippen molar-refractivity contribution in [1.29, 1.82) is 0 Å². The Kier molecular flexibility index (Phi) is 4.91. The highest BCUT2D eigenvalue weighted by Gasteiger charge is 2.18. The Morgan fingerprint density at radius 2 is 2.20 bits per heavy atom. The van der Waals surface area contributed by atoms with Gasteiger partial charge in [0, 0.05) is 6.42 Å². The zero-order valence-electron chi connectivity index (χ0n) is 5.65. The van der Waals surface area contributed by atoms with Gasteiger partial charge in [-0.3, -0.25) is 0 Å². The maximum Gasteiger partial charge on any atom is 0.238 e. The van der Waals surface area contributed by atoms with Gasteiger partial charge in [-0.25, -0.2) is 8.78 Å². The minimum Gasteiger partial charge on any atom is -0.316 e. The predicted molar refractivity (Wildman–Crippen MR) is 38.8 cm³/mol. The molecule has 0 aromatic rings. The Morgan fingerprint density at radius 1 is 1.50 bits per heavy atom. The van der Waals surface area contributed by atoms with Crippen LogP contribution in [-0.2, 0) is 0 Å². The summed E-state index contributed by atoms with van der Waals surface area (Å²) in [5.41, 5.74) is 0. The van der Waals surface area contributed by atoms with E-state index in [9.17, 15) is 8.78 Å². The van der Waals surface area contributed by atoms with Crippen molar-refractivity contribution < 1.29 is 8.78 Å². The van der Waals surface area contributed by atoms with Crippen LogP contribution in [-0.4, -0.2) is 19.5 Å². The third-order valence-corrected chi connectivity index (χ3v) is 1.67. The smallest absolute Gasteiger partial charge is 0.238 e. The Labute approximate surface area is 65.6 Å². The Bertz CT molecular complexity index is 83.8. The van der Waals surface area contributed by atoms with Crippen molar-refractivity contribution in [1.82, 2.24) is 5.32 Å². The fourth-order valence-electron chi connectivity index (χ4n) is 1.17. The first-order valence-corrected chi connectivity index (χ1v) is 3.28. The zero-order valence-corrected chi connectivity index (χ0v) is 6.46. The van der Waals surface area contributed by atoms with Crippen LogP contribution in [0.4, 0.5) is 8.78 Å². The maximum absolute atomic E-state index is 11.7. The van der Waals surface area contributed by atoms with E-state index in [4.69, 9.17) is 0 Å². The Hall–Kier alpha value is 0.110. The van der Waals surface area contributed by atoms with Crippen LogP contribution in [0.25, 0.3) is 0 Å². The van der Waals surface area contributed by atoms with Gasteiger partial charge in [-0.15, -0.1) is 12.4 Å². The van der Waals surface area contributed by atoms with Gasteiger partial charge in [-0.1, -0.05) is 0 Å². The second-order valence-electron chi connectivity index (χ2n) is 2.49. The average Bonchev–Trinajstić information content (AvgIpc) is 2.15. The lowest BCUT2D eigenvalue weighted by Crippen LogP contribution is -2.11. The molecule has 0 aliphatic carbocycles. The van der Waals surface area contributed by atoms with Crippen molar-refractivity contribution in [2.75, 3.05) is 13.1 Å². The highest BCUT2D eigenvalue weighted by atomic mass is 35.5. The number of nitrogens with one attached hydrogen (secondary N) is 1. The van der Waals surface area contributed by atoms with Crippen LogP contribution in [0.1, 0.15) is 12.8 Å². The average molecular weight is 172 g/mol. The highest BCUT2D eigenvalue weighted by molar-refractivity contribution is 5.85. The Morgan fingerprint density at radius 3 is 2.60 bits per heavy atom. The first-order valence-electron chi connectivity index (χ1n) is 3.28. The van der Waals surface area contributed by atoms with Crippen LogP contribution in [0.2, 0.25) is 0 Å². The van der Waals surface area contributed by atoms with E-state index < -0.39 is 6.43 Å². The molecule has 0 aromatic carbocycles. The van der Waals surface area contributed by atoms with Gasteiger partial charge in [0.05, 0.1) is 0 Å². The van der Waals surface area contributed by atoms with E-state index in [0.717, 1.165) is 19.5 Å². The summed E-state index contributed by atoms with van der Waals surface area (Å²) in [6.45, 7) is 1.70. The summed E-state index contributed by atoms with van der Waals surface area (Å²) in [4.78, 5) is 0. The highest BCUT2D eigenvalue weighted by Crippen LogP contribution is 2.16. The van der Waals surface area contributed by atoms with Crippen LogP contribution in [0, 0.1) is 5.92 Å². The monoisotopic (exact) mass is 171 g/mol. The van der Waals surface area contributed by atoms with Crippen LogP contribution in [0.5, 0.6) is 0 Å². The molecular weight excluding hydrogens is 160 g/mol. The molecule has 1 nitrogen and oxygen atoms in total. The van der Waals surface area contributed by atoms with Crippen molar-refractivity contribution in [3.8, 4) is 0 Å². The molecule has 0 unspecified atom stereocenters. The summed E-state index contributed by atoms with van der Waals surface area (Å²) in [6, 6.07) is 0. The Balaban J connectivity index is 0.000000810. The molecule has 1 saturated heterocycles. The number of alkyl halides is 2. The summed E-state index contributed by atoms with van der Waals surface area (Å²) >= 11 is 0. The normalized spacial score (nSPS) is 24.9. The second kappa shape index (κ2) is 4.85. The van der Waals surface area contributed by atoms with Crippen LogP contribution < -0.4 is 5.32 Å². The van der Waals surface area contributed by atoms with E-state index in [0.29, 0.717) is 0 Å². The molecule has 0 radical (unpaired) electrons. The third kappa shape index (κ3) is 3.32. The molecule has 0 aromatic heterocycles. The molecule has 1 aliphatic rings. The molecule has 62 valence electrons. The zero-order chi connectivity index (χ0) is 6.69. The van der Waals surface area contributed by atoms with Crippen LogP contribution >= 0.6 is 12.4 Å². The van der Waals surface area contributed by atoms with Crippen LogP contribution in [0.15, 0.2) is 0 Å². The molecule has 1 N–H and O–H groups in total. The van der Waals surface area contributed by atoms with E-state index in [-0.39, 0.29) is 24.7 Å². The summed E-state index contributed by atoms with van der Waals surface area (Å²) in [5, 5.41) is 3.04. The molecule has 1 heterocycles. The SMILES string of the molecule is Cl.FC(F)C[C@H]1CCNC1. The molecular formula is C6H12ClF2N. The third-order valence-electron chi connectivity index (χ3n) is 1.67. The first-order chi connectivity index (χ1) is 4.29. The molecule has 1 rings (SSSR count). The molecule has 0 saturated carbocycles. The van der Waals surface area contributed by atoms with Crippen molar-refractivity contribution >= 4 is 12.4 Å². The van der Waals surface area contributed by atoms with Crippen molar-refractivity contribution in [2.24, 2.45) is 5.92 Å². The molecule has 4 heteroatoms. The first kappa shape index (κ1) is 10.1. The van der Waals surface area contributed by atoms with Crippen molar-refractivity contribution in [3.63, 3.8) is 0 Å². The van der Waals surface area contributed by atoms with Gasteiger partial charge in [0.1, 0.15) is 0 Å². The summed E-state index contributed by atoms with van der Waals surface area (Å²) in [6.07, 6.45) is -1.12. The minimum absolute atomic E-state index is 0. The number of hydrogen-bond acceptors (Lipinski definition) is 1. The summed E-state index contributed by atoms with van der Waals surface area (Å²) < 4.78 is 23.3. The lowest BCUT2D eigenvalue weighted by Gasteiger charge is -2.04. The largest absolute Gasteiger partial charge is 0.316 e. The molecule has 0 bridgehead atoms. The van der Waals surface area contributed by atoms with Gasteiger partial charge in [0.15, 0.2) is 0 Å². The number of rotatable bonds is 2. The van der Waals surface area contributed by atoms with Gasteiger partial charge in [0.2, 0.25) is 6.43 Å². The minimum atomic E-state index is -2.12. The predicted octanol–water partition coefficient (Wildman–Crippen LogP) is 1.67. The molecule has 10 heavy (non-hydrogen) atoms. The second-order valence-corrected chi connectivity index (χ2v) is 2.49. The van der Waals surface area contributed by atoms with Crippen molar-refractivity contribution in [2.45, 2.75) is 19.3 Å². The topological polar surface area (TPSA) is 12.0 Å². The lowest BCUT2D eigenvalue weighted by atomic mass is 10.1. The molecule has 1 aliphatic heterocycles. The van der Waals surface area contributed by atoms with Crippen molar-refractivity contribution in [3.05, 3.63) is 0 Å². The van der Waals surface area contributed by atoms with Gasteiger partial charge in [0.25, 0.3) is 0 Å². The fourth-order valence-corrected chi connectivity index (χ4v) is 1.17. The number of hydrogen-bond donors (Lipinski definition) is 1. The standard InChI is InChI=1S/C6H11F2N.ClH/c7-6(8)3-5-1-2-9-4-5;/h5-6,9H,1-4H2;1H/t5-;/m1./s1. The molecule has 1 fully saturated rings. The van der Waals surface area contributed by atoms with Crippen LogP contribution in [0.3, 0.4) is 0 Å². The molecule has 0 amide bonds. The maximum atomic E-state index is 11.7. The lowest BCUT2D eigenvalue weighted by molar-refractivity contribution is 0.118. The molecule has 1 atom stereocenters. The van der Waals surface area contributed by atoms with E-state index in [1.807, 2.05) is 0 Å². The quantitative estimate of drug-likeness (QED) is 0.667. The van der Waals surface area contributed by atoms with E-state index in [1.54, 1.807) is 0 Å².